The lowest BCUT2D eigenvalue weighted by molar-refractivity contribution is -0.133. The van der Waals surface area contributed by atoms with Crippen molar-refractivity contribution in [1.29, 1.82) is 0 Å². The summed E-state index contributed by atoms with van der Waals surface area (Å²) >= 11 is 0. The Morgan fingerprint density at radius 3 is 2.30 bits per heavy atom. The Morgan fingerprint density at radius 2 is 1.64 bits per heavy atom. The Bertz CT molecular complexity index is 1740. The lowest BCUT2D eigenvalue weighted by atomic mass is 10.2. The van der Waals surface area contributed by atoms with Gasteiger partial charge >= 0.3 is 6.09 Å². The topological polar surface area (TPSA) is 159 Å². The predicted molar refractivity (Wildman–Crippen MR) is 171 cm³/mol. The van der Waals surface area contributed by atoms with Crippen LogP contribution in [0.2, 0.25) is 0 Å². The molecule has 1 aliphatic heterocycles. The zero-order valence-electron chi connectivity index (χ0n) is 24.8. The van der Waals surface area contributed by atoms with Crippen LogP contribution in [-0.2, 0) is 19.6 Å². The van der Waals surface area contributed by atoms with Crippen molar-refractivity contribution in [2.45, 2.75) is 31.3 Å². The molecular weight excluding hydrogens is 584 g/mol. The minimum absolute atomic E-state index is 0.117. The SMILES string of the molecule is CC(C)(C)OC(=O)Nc1c[nH]c2ccc(OCC(=O)N3CCN(c4ccc(NS(=O)(=O)c5ccc(N)cc5)cc4)CC3)cc12. The highest BCUT2D eigenvalue weighted by molar-refractivity contribution is 7.92. The maximum absolute atomic E-state index is 12.9. The number of anilines is 4. The van der Waals surface area contributed by atoms with E-state index in [0.29, 0.717) is 49.0 Å². The highest BCUT2D eigenvalue weighted by Crippen LogP contribution is 2.28. The van der Waals surface area contributed by atoms with Crippen LogP contribution in [0.3, 0.4) is 0 Å². The van der Waals surface area contributed by atoms with Crippen molar-refractivity contribution in [3.8, 4) is 5.75 Å². The van der Waals surface area contributed by atoms with Crippen molar-refractivity contribution >= 4 is 55.7 Å². The van der Waals surface area contributed by atoms with Gasteiger partial charge < -0.3 is 30.0 Å². The molecule has 3 aromatic carbocycles. The molecule has 0 spiro atoms. The van der Waals surface area contributed by atoms with Crippen LogP contribution in [0.5, 0.6) is 5.75 Å². The molecule has 1 aliphatic rings. The Kier molecular flexibility index (Phi) is 8.59. The Labute approximate surface area is 256 Å². The number of aromatic nitrogens is 1. The monoisotopic (exact) mass is 620 g/mol. The minimum Gasteiger partial charge on any atom is -0.484 e. The Hall–Kier alpha value is -4.91. The van der Waals surface area contributed by atoms with Gasteiger partial charge in [0, 0.05) is 60.3 Å². The van der Waals surface area contributed by atoms with E-state index in [9.17, 15) is 18.0 Å². The number of rotatable bonds is 8. The van der Waals surface area contributed by atoms with Gasteiger partial charge in [-0.05, 0) is 87.5 Å². The van der Waals surface area contributed by atoms with Gasteiger partial charge in [0.15, 0.2) is 6.61 Å². The van der Waals surface area contributed by atoms with E-state index in [0.717, 1.165) is 16.6 Å². The second kappa shape index (κ2) is 12.4. The maximum Gasteiger partial charge on any atom is 0.412 e. The molecule has 1 saturated heterocycles. The molecule has 44 heavy (non-hydrogen) atoms. The van der Waals surface area contributed by atoms with E-state index in [1.807, 2.05) is 18.2 Å². The van der Waals surface area contributed by atoms with Crippen molar-refractivity contribution in [2.75, 3.05) is 53.5 Å². The number of sulfonamides is 1. The molecule has 12 nitrogen and oxygen atoms in total. The van der Waals surface area contributed by atoms with Crippen molar-refractivity contribution in [2.24, 2.45) is 0 Å². The minimum atomic E-state index is -3.73. The van der Waals surface area contributed by atoms with Gasteiger partial charge in [-0.15, -0.1) is 0 Å². The predicted octanol–water partition coefficient (Wildman–Crippen LogP) is 4.63. The number of aromatic amines is 1. The van der Waals surface area contributed by atoms with Crippen LogP contribution < -0.4 is 25.4 Å². The first-order valence-electron chi connectivity index (χ1n) is 14.1. The van der Waals surface area contributed by atoms with E-state index in [4.69, 9.17) is 15.2 Å². The molecule has 5 rings (SSSR count). The first kappa shape index (κ1) is 30.5. The first-order chi connectivity index (χ1) is 20.9. The lowest BCUT2D eigenvalue weighted by Gasteiger charge is -2.36. The molecule has 0 radical (unpaired) electrons. The highest BCUT2D eigenvalue weighted by Gasteiger charge is 2.23. The molecule has 0 aliphatic carbocycles. The summed E-state index contributed by atoms with van der Waals surface area (Å²) in [7, 11) is -3.73. The van der Waals surface area contributed by atoms with E-state index >= 15 is 0 Å². The van der Waals surface area contributed by atoms with Crippen LogP contribution in [-0.4, -0.2) is 68.7 Å². The number of nitrogen functional groups attached to an aromatic ring is 1. The highest BCUT2D eigenvalue weighted by atomic mass is 32.2. The van der Waals surface area contributed by atoms with Crippen LogP contribution >= 0.6 is 0 Å². The Morgan fingerprint density at radius 1 is 0.955 bits per heavy atom. The summed E-state index contributed by atoms with van der Waals surface area (Å²) in [4.78, 5) is 32.3. The molecule has 1 fully saturated rings. The summed E-state index contributed by atoms with van der Waals surface area (Å²) in [5.74, 6) is 0.377. The van der Waals surface area contributed by atoms with E-state index < -0.39 is 21.7 Å². The fourth-order valence-electron chi connectivity index (χ4n) is 4.76. The standard InChI is InChI=1S/C31H36N6O6S/c1-31(2,3)43-30(39)34-28-19-33-27-13-10-24(18-26(27)28)42-20-29(38)37-16-14-36(15-17-37)23-8-6-22(7-9-23)35-44(40,41)25-11-4-21(32)5-12-25/h4-13,18-19,33,35H,14-17,20,32H2,1-3H3,(H,34,39). The van der Waals surface area contributed by atoms with E-state index in [1.54, 1.807) is 68.3 Å². The van der Waals surface area contributed by atoms with Gasteiger partial charge in [0.05, 0.1) is 10.6 Å². The van der Waals surface area contributed by atoms with E-state index in [-0.39, 0.29) is 17.4 Å². The third-order valence-corrected chi connectivity index (χ3v) is 8.36. The number of nitrogens with zero attached hydrogens (tertiary/aromatic N) is 2. The number of amides is 2. The molecule has 0 atom stereocenters. The van der Waals surface area contributed by atoms with Crippen LogP contribution in [0.4, 0.5) is 27.5 Å². The van der Waals surface area contributed by atoms with Gasteiger partial charge in [-0.3, -0.25) is 14.8 Å². The zero-order valence-corrected chi connectivity index (χ0v) is 25.6. The summed E-state index contributed by atoms with van der Waals surface area (Å²) in [6.45, 7) is 7.55. The molecule has 2 amide bonds. The zero-order chi connectivity index (χ0) is 31.5. The number of nitrogens with one attached hydrogen (secondary N) is 3. The van der Waals surface area contributed by atoms with Gasteiger partial charge in [-0.2, -0.15) is 0 Å². The van der Waals surface area contributed by atoms with Crippen LogP contribution in [0.25, 0.3) is 10.9 Å². The lowest BCUT2D eigenvalue weighted by Crippen LogP contribution is -2.50. The van der Waals surface area contributed by atoms with Crippen molar-refractivity contribution < 1.29 is 27.5 Å². The largest absolute Gasteiger partial charge is 0.484 e. The molecule has 5 N–H and O–H groups in total. The molecule has 13 heteroatoms. The molecule has 0 saturated carbocycles. The molecule has 0 unspecified atom stereocenters. The van der Waals surface area contributed by atoms with Crippen molar-refractivity contribution in [3.63, 3.8) is 0 Å². The summed E-state index contributed by atoms with van der Waals surface area (Å²) in [6.07, 6.45) is 1.12. The number of fused-ring (bicyclic) bond motifs is 1. The van der Waals surface area contributed by atoms with E-state index in [1.165, 1.54) is 12.1 Å². The number of carbonyl (C=O) groups excluding carboxylic acids is 2. The van der Waals surface area contributed by atoms with Gasteiger partial charge in [0.1, 0.15) is 11.4 Å². The normalized spacial score (nSPS) is 13.9. The summed E-state index contributed by atoms with van der Waals surface area (Å²) < 4.78 is 39.0. The summed E-state index contributed by atoms with van der Waals surface area (Å²) in [5, 5.41) is 3.48. The van der Waals surface area contributed by atoms with Gasteiger partial charge in [-0.25, -0.2) is 13.2 Å². The van der Waals surface area contributed by atoms with Crippen LogP contribution in [0.15, 0.2) is 77.8 Å². The van der Waals surface area contributed by atoms with Crippen molar-refractivity contribution in [3.05, 3.63) is 72.9 Å². The fourth-order valence-corrected chi connectivity index (χ4v) is 5.82. The van der Waals surface area contributed by atoms with Crippen LogP contribution in [0.1, 0.15) is 20.8 Å². The second-order valence-electron chi connectivity index (χ2n) is 11.4. The number of benzene rings is 3. The number of carbonyl (C=O) groups is 2. The first-order valence-corrected chi connectivity index (χ1v) is 15.6. The maximum atomic E-state index is 12.9. The number of ether oxygens (including phenoxy) is 2. The third kappa shape index (κ3) is 7.53. The van der Waals surface area contributed by atoms with E-state index in [2.05, 4.69) is 19.9 Å². The molecule has 232 valence electrons. The molecule has 0 bridgehead atoms. The Balaban J connectivity index is 1.11. The van der Waals surface area contributed by atoms with Gasteiger partial charge in [0.2, 0.25) is 0 Å². The molecule has 2 heterocycles. The average molecular weight is 621 g/mol. The third-order valence-electron chi connectivity index (χ3n) is 6.96. The molecule has 1 aromatic heterocycles. The summed E-state index contributed by atoms with van der Waals surface area (Å²) in [6, 6.07) is 18.5. The number of nitrogens with two attached hydrogens (primary N) is 1. The average Bonchev–Trinajstić information content (AvgIpc) is 3.37. The second-order valence-corrected chi connectivity index (χ2v) is 13.1. The fraction of sp³-hybridized carbons (Fsp3) is 0.290. The van der Waals surface area contributed by atoms with Gasteiger partial charge in [0.25, 0.3) is 15.9 Å². The molecular formula is C31H36N6O6S. The van der Waals surface area contributed by atoms with Gasteiger partial charge in [-0.1, -0.05) is 0 Å². The quantitative estimate of drug-likeness (QED) is 0.208. The number of hydrogen-bond donors (Lipinski definition) is 4. The number of H-pyrrole nitrogens is 1. The molecule has 4 aromatic rings. The number of hydrogen-bond acceptors (Lipinski definition) is 8. The van der Waals surface area contributed by atoms with Crippen LogP contribution in [0, 0.1) is 0 Å². The van der Waals surface area contributed by atoms with Crippen molar-refractivity contribution in [1.82, 2.24) is 9.88 Å². The number of piperazine rings is 1. The smallest absolute Gasteiger partial charge is 0.412 e. The summed E-state index contributed by atoms with van der Waals surface area (Å²) in [5.41, 5.74) is 8.25.